The lowest BCUT2D eigenvalue weighted by molar-refractivity contribution is -0.385. The van der Waals surface area contributed by atoms with Crippen molar-refractivity contribution >= 4 is 11.7 Å². The normalized spacial score (nSPS) is 12.1. The minimum absolute atomic E-state index is 0.153. The molecule has 0 spiro atoms. The Bertz CT molecular complexity index is 434. The summed E-state index contributed by atoms with van der Waals surface area (Å²) >= 11 is 0. The van der Waals surface area contributed by atoms with E-state index >= 15 is 0 Å². The average Bonchev–Trinajstić information content (AvgIpc) is 2.16. The van der Waals surface area contributed by atoms with Crippen molar-refractivity contribution in [1.82, 2.24) is 0 Å². The van der Waals surface area contributed by atoms with Gasteiger partial charge in [0.15, 0.2) is 6.10 Å². The highest BCUT2D eigenvalue weighted by atomic mass is 19.1. The molecule has 2 N–H and O–H groups in total. The van der Waals surface area contributed by atoms with Gasteiger partial charge in [-0.1, -0.05) is 0 Å². The first-order valence-corrected chi connectivity index (χ1v) is 4.25. The molecule has 0 aromatic heterocycles. The number of carbonyl (C=O) groups is 1. The molecule has 0 heterocycles. The Morgan fingerprint density at radius 2 is 2.19 bits per heavy atom. The first-order chi connectivity index (χ1) is 7.41. The Hall–Kier alpha value is -2.02. The van der Waals surface area contributed by atoms with E-state index in [9.17, 15) is 19.3 Å². The van der Waals surface area contributed by atoms with Crippen molar-refractivity contribution in [2.75, 3.05) is 0 Å². The molecule has 0 aliphatic carbocycles. The molecule has 86 valence electrons. The molecular weight excluding hydrogens is 221 g/mol. The summed E-state index contributed by atoms with van der Waals surface area (Å²) in [6, 6.07) is 2.66. The maximum Gasteiger partial charge on any atom is 0.332 e. The molecule has 1 atom stereocenters. The molecule has 0 aliphatic heterocycles. The van der Waals surface area contributed by atoms with Gasteiger partial charge in [-0.3, -0.25) is 10.1 Å². The van der Waals surface area contributed by atoms with Crippen LogP contribution in [0.1, 0.15) is 5.56 Å². The fourth-order valence-corrected chi connectivity index (χ4v) is 1.19. The summed E-state index contributed by atoms with van der Waals surface area (Å²) in [4.78, 5) is 20.1. The molecule has 16 heavy (non-hydrogen) atoms. The summed E-state index contributed by atoms with van der Waals surface area (Å²) in [5.74, 6) is -2.24. The Morgan fingerprint density at radius 1 is 1.56 bits per heavy atom. The van der Waals surface area contributed by atoms with E-state index in [2.05, 4.69) is 0 Å². The first-order valence-electron chi connectivity index (χ1n) is 4.25. The van der Waals surface area contributed by atoms with Gasteiger partial charge >= 0.3 is 5.97 Å². The zero-order valence-corrected chi connectivity index (χ0v) is 7.96. The van der Waals surface area contributed by atoms with Crippen LogP contribution in [0.15, 0.2) is 18.2 Å². The number of nitro groups is 1. The minimum atomic E-state index is -1.79. The predicted molar refractivity (Wildman–Crippen MR) is 50.4 cm³/mol. The van der Waals surface area contributed by atoms with Crippen molar-refractivity contribution in [3.8, 4) is 0 Å². The summed E-state index contributed by atoms with van der Waals surface area (Å²) in [7, 11) is 0. The van der Waals surface area contributed by atoms with Crippen LogP contribution in [-0.2, 0) is 11.2 Å². The molecule has 6 nitrogen and oxygen atoms in total. The second-order valence-electron chi connectivity index (χ2n) is 3.09. The largest absolute Gasteiger partial charge is 0.479 e. The summed E-state index contributed by atoms with van der Waals surface area (Å²) in [6.45, 7) is 0. The third-order valence-electron chi connectivity index (χ3n) is 1.94. The van der Waals surface area contributed by atoms with Gasteiger partial charge in [0.25, 0.3) is 5.69 Å². The Labute approximate surface area is 89.1 Å². The van der Waals surface area contributed by atoms with Crippen molar-refractivity contribution in [3.05, 3.63) is 39.7 Å². The van der Waals surface area contributed by atoms with Crippen LogP contribution in [0.25, 0.3) is 0 Å². The fourth-order valence-electron chi connectivity index (χ4n) is 1.19. The van der Waals surface area contributed by atoms with Crippen LogP contribution in [0, 0.1) is 15.9 Å². The van der Waals surface area contributed by atoms with Crippen molar-refractivity contribution in [3.63, 3.8) is 0 Å². The predicted octanol–water partition coefficient (Wildman–Crippen LogP) is 0.722. The third kappa shape index (κ3) is 2.74. The molecule has 0 radical (unpaired) electrons. The number of aliphatic hydroxyl groups is 1. The van der Waals surface area contributed by atoms with Crippen LogP contribution in [0.2, 0.25) is 0 Å². The molecule has 1 rings (SSSR count). The molecule has 0 amide bonds. The summed E-state index contributed by atoms with van der Waals surface area (Å²) in [5.41, 5.74) is -0.568. The lowest BCUT2D eigenvalue weighted by Crippen LogP contribution is -2.22. The molecule has 1 aromatic carbocycles. The quantitative estimate of drug-likeness (QED) is 0.585. The van der Waals surface area contributed by atoms with Crippen molar-refractivity contribution in [2.24, 2.45) is 0 Å². The maximum atomic E-state index is 12.8. The number of rotatable bonds is 4. The highest BCUT2D eigenvalue weighted by Crippen LogP contribution is 2.21. The third-order valence-corrected chi connectivity index (χ3v) is 1.94. The van der Waals surface area contributed by atoms with Crippen molar-refractivity contribution in [2.45, 2.75) is 12.5 Å². The summed E-state index contributed by atoms with van der Waals surface area (Å²) < 4.78 is 12.8. The lowest BCUT2D eigenvalue weighted by Gasteiger charge is -2.06. The van der Waals surface area contributed by atoms with Gasteiger partial charge in [0, 0.05) is 18.1 Å². The van der Waals surface area contributed by atoms with Crippen molar-refractivity contribution in [1.29, 1.82) is 0 Å². The molecule has 1 unspecified atom stereocenters. The number of nitrogens with zero attached hydrogens (tertiary/aromatic N) is 1. The zero-order valence-electron chi connectivity index (χ0n) is 7.96. The lowest BCUT2D eigenvalue weighted by atomic mass is 10.1. The molecule has 0 saturated carbocycles. The van der Waals surface area contributed by atoms with Crippen LogP contribution in [0.4, 0.5) is 10.1 Å². The summed E-state index contributed by atoms with van der Waals surface area (Å²) in [5, 5.41) is 28.0. The molecule has 7 heteroatoms. The van der Waals surface area contributed by atoms with Crippen LogP contribution in [0.3, 0.4) is 0 Å². The molecule has 0 bridgehead atoms. The van der Waals surface area contributed by atoms with Crippen LogP contribution < -0.4 is 0 Å². The van der Waals surface area contributed by atoms with Gasteiger partial charge in [-0.2, -0.15) is 0 Å². The van der Waals surface area contributed by atoms with Crippen molar-refractivity contribution < 1.29 is 24.3 Å². The number of benzene rings is 1. The Kier molecular flexibility index (Phi) is 3.51. The van der Waals surface area contributed by atoms with E-state index in [1.807, 2.05) is 0 Å². The Balaban J connectivity index is 3.05. The number of hydrogen-bond donors (Lipinski definition) is 2. The van der Waals surface area contributed by atoms with Gasteiger partial charge in [-0.25, -0.2) is 9.18 Å². The average molecular weight is 229 g/mol. The van der Waals surface area contributed by atoms with Gasteiger partial charge in [-0.05, 0) is 12.1 Å². The van der Waals surface area contributed by atoms with Crippen LogP contribution in [0.5, 0.6) is 0 Å². The number of hydrogen-bond acceptors (Lipinski definition) is 4. The Morgan fingerprint density at radius 3 is 2.69 bits per heavy atom. The molecule has 1 aromatic rings. The van der Waals surface area contributed by atoms with E-state index < -0.39 is 34.9 Å². The molecule has 0 saturated heterocycles. The maximum absolute atomic E-state index is 12.8. The monoisotopic (exact) mass is 229 g/mol. The molecule has 0 aliphatic rings. The number of halogens is 1. The van der Waals surface area contributed by atoms with Gasteiger partial charge in [-0.15, -0.1) is 0 Å². The second kappa shape index (κ2) is 4.67. The number of aliphatic hydroxyl groups excluding tert-OH is 1. The van der Waals surface area contributed by atoms with Gasteiger partial charge in [0.1, 0.15) is 5.82 Å². The second-order valence-corrected chi connectivity index (χ2v) is 3.09. The molecule has 0 fully saturated rings. The molecular formula is C9H8FNO5. The van der Waals surface area contributed by atoms with Crippen LogP contribution in [-0.4, -0.2) is 27.2 Å². The van der Waals surface area contributed by atoms with E-state index in [4.69, 9.17) is 10.2 Å². The van der Waals surface area contributed by atoms with Gasteiger partial charge in [0.05, 0.1) is 4.92 Å². The van der Waals surface area contributed by atoms with E-state index in [1.165, 1.54) is 0 Å². The highest BCUT2D eigenvalue weighted by molar-refractivity contribution is 5.72. The first kappa shape index (κ1) is 12.1. The van der Waals surface area contributed by atoms with E-state index in [-0.39, 0.29) is 5.56 Å². The minimum Gasteiger partial charge on any atom is -0.479 e. The van der Waals surface area contributed by atoms with E-state index in [1.54, 1.807) is 0 Å². The van der Waals surface area contributed by atoms with Crippen LogP contribution >= 0.6 is 0 Å². The number of carboxylic acid groups (broad SMARTS) is 1. The summed E-state index contributed by atoms with van der Waals surface area (Å²) in [6.07, 6.45) is -2.30. The standard InChI is InChI=1S/C9H8FNO5/c10-6-1-2-7(11(15)16)5(3-6)4-8(12)9(13)14/h1-3,8,12H,4H2,(H,13,14). The van der Waals surface area contributed by atoms with Gasteiger partial charge in [0.2, 0.25) is 0 Å². The number of carboxylic acids is 1. The zero-order chi connectivity index (χ0) is 12.3. The SMILES string of the molecule is O=C(O)C(O)Cc1cc(F)ccc1[N+](=O)[O-]. The highest BCUT2D eigenvalue weighted by Gasteiger charge is 2.21. The number of nitro benzene ring substituents is 1. The fraction of sp³-hybridized carbons (Fsp3) is 0.222. The van der Waals surface area contributed by atoms with Gasteiger partial charge < -0.3 is 10.2 Å². The van der Waals surface area contributed by atoms with E-state index in [0.29, 0.717) is 0 Å². The van der Waals surface area contributed by atoms with E-state index in [0.717, 1.165) is 18.2 Å². The smallest absolute Gasteiger partial charge is 0.332 e. The topological polar surface area (TPSA) is 101 Å². The number of aliphatic carboxylic acids is 1.